The Labute approximate surface area is 497 Å². The number of hydrogen-bond acceptors (Lipinski definition) is 22. The highest BCUT2D eigenvalue weighted by atomic mass is 33.1. The van der Waals surface area contributed by atoms with Gasteiger partial charge >= 0.3 is 17.9 Å². The minimum absolute atomic E-state index is 0.0569. The van der Waals surface area contributed by atoms with E-state index < -0.39 is 107 Å². The van der Waals surface area contributed by atoms with E-state index in [2.05, 4.69) is 46.2 Å². The Kier molecular flexibility index (Phi) is 22.4. The van der Waals surface area contributed by atoms with Crippen molar-refractivity contribution >= 4 is 97.5 Å². The second-order valence-electron chi connectivity index (χ2n) is 22.0. The first kappa shape index (κ1) is 65.2. The number of nitrogen functional groups attached to an aromatic ring is 1. The van der Waals surface area contributed by atoms with Crippen LogP contribution in [0.4, 0.5) is 5.95 Å². The summed E-state index contributed by atoms with van der Waals surface area (Å²) in [7, 11) is 4.29. The van der Waals surface area contributed by atoms with Crippen LogP contribution in [0.1, 0.15) is 101 Å². The number of ether oxygens (including phenoxy) is 2. The SMILES string of the molecule is CO[C@@]12[C@H](COC(C)=O)C3C(=O)C(NCCSSC[C@H](CC(C)[C@H](CCCN=C(N)N)NC(=O)CC[C@H](CC(=O)c4ccc(CCc5cnc6nc(N)[nH]c(=O)c6n5)cc4)C(=O)O)C(=O)N[C@@H](C)C(=O)CCC(=O)O)=C(C)C(=O)C3N1C[C@@H]1N[C@@H]12. The Hall–Kier alpha value is -7.34. The minimum atomic E-state index is -1.25. The van der Waals surface area contributed by atoms with Crippen molar-refractivity contribution in [3.05, 3.63) is 68.9 Å². The van der Waals surface area contributed by atoms with Gasteiger partial charge in [0, 0.05) is 99.5 Å². The van der Waals surface area contributed by atoms with Gasteiger partial charge in [0.05, 0.1) is 60.6 Å². The van der Waals surface area contributed by atoms with Crippen LogP contribution >= 0.6 is 21.6 Å². The fraction of sp³-hybridized carbons (Fsp3) is 0.571. The number of carbonyl (C=O) groups is 9. The Morgan fingerprint density at radius 1 is 0.953 bits per heavy atom. The molecule has 85 heavy (non-hydrogen) atoms. The van der Waals surface area contributed by atoms with Gasteiger partial charge in [0.1, 0.15) is 5.72 Å². The van der Waals surface area contributed by atoms with Gasteiger partial charge in [0.15, 0.2) is 40.3 Å². The molecule has 29 heteroatoms. The molecule has 13 N–H and O–H groups in total. The van der Waals surface area contributed by atoms with Crippen LogP contribution in [0.5, 0.6) is 0 Å². The molecule has 1 aromatic carbocycles. The Balaban J connectivity index is 0.954. The molecule has 3 fully saturated rings. The third-order valence-corrected chi connectivity index (χ3v) is 18.7. The highest BCUT2D eigenvalue weighted by Crippen LogP contribution is 2.56. The molecular weight excluding hydrogens is 1140 g/mol. The molecule has 2 aromatic heterocycles. The number of ketones is 4. The van der Waals surface area contributed by atoms with Gasteiger partial charge in [-0.2, -0.15) is 4.98 Å². The molecule has 3 unspecified atom stereocenters. The molecule has 0 spiro atoms. The van der Waals surface area contributed by atoms with Crippen molar-refractivity contribution in [3.63, 3.8) is 0 Å². The number of nitrogens with one attached hydrogen (secondary N) is 5. The summed E-state index contributed by atoms with van der Waals surface area (Å²) in [5, 5.41) is 31.7. The average Bonchev–Trinajstić information content (AvgIpc) is 1.52. The van der Waals surface area contributed by atoms with Gasteiger partial charge in [-0.05, 0) is 63.9 Å². The van der Waals surface area contributed by atoms with E-state index in [0.29, 0.717) is 49.2 Å². The standard InChI is InChI=1S/C56H75N13O14S2/c1-27(37(7-6-18-61-54(57)58)65-41(73)16-13-33(53(80)81)22-40(72)32-11-8-31(9-12-32)10-14-35-23-62-50-45(64-35)52(79)68-55(59)67-50)21-34(51(78)63-29(3)39(71)15-17-42(74)75)26-85-84-20-19-60-44-28(2)47(76)46-43(48(44)77)36(25-83-30(4)70)56(82-5)49-38(66-49)24-69(46)56/h8-9,11-12,23,27,29,33-34,36-38,43,46,49,60,66H,6-7,10,13-22,24-26H2,1-5H3,(H,63,78)(H,65,73)(H,74,75)(H,80,81)(H4,57,58,61)(H3,59,62,67,68,79)/t27?,29-,33+,34-,36+,37-,38-,43?,46?,49-,56+/m0/s1. The third kappa shape index (κ3) is 16.2. The van der Waals surface area contributed by atoms with Crippen LogP contribution in [-0.4, -0.2) is 175 Å². The number of carbonyl (C=O) groups excluding carboxylic acids is 7. The Bertz CT molecular complexity index is 3160. The molecule has 1 aliphatic carbocycles. The number of aryl methyl sites for hydroxylation is 2. The molecule has 4 aliphatic rings. The second-order valence-corrected chi connectivity index (χ2v) is 24.6. The number of fused-ring (bicyclic) bond motifs is 6. The van der Waals surface area contributed by atoms with Gasteiger partial charge in [0.2, 0.25) is 17.8 Å². The minimum Gasteiger partial charge on any atom is -0.481 e. The number of piperazine rings is 1. The summed E-state index contributed by atoms with van der Waals surface area (Å²) >= 11 is 0. The van der Waals surface area contributed by atoms with Gasteiger partial charge < -0.3 is 58.2 Å². The maximum Gasteiger partial charge on any atom is 0.306 e. The van der Waals surface area contributed by atoms with Crippen LogP contribution in [0.3, 0.4) is 0 Å². The molecule has 0 radical (unpaired) electrons. The van der Waals surface area contributed by atoms with Crippen molar-refractivity contribution in [1.29, 1.82) is 0 Å². The first-order valence-electron chi connectivity index (χ1n) is 28.2. The first-order chi connectivity index (χ1) is 40.4. The number of aromatic nitrogens is 4. The number of Topliss-reactive ketones (excluding diaryl/α,β-unsaturated/α-hetero) is 4. The van der Waals surface area contributed by atoms with Gasteiger partial charge in [-0.25, -0.2) is 9.97 Å². The van der Waals surface area contributed by atoms with Gasteiger partial charge in [0.25, 0.3) is 5.56 Å². The monoisotopic (exact) mass is 1220 g/mol. The number of nitrogens with two attached hydrogens (primary N) is 3. The van der Waals surface area contributed by atoms with Crippen molar-refractivity contribution in [2.45, 2.75) is 128 Å². The zero-order valence-electron chi connectivity index (χ0n) is 48.1. The fourth-order valence-electron chi connectivity index (χ4n) is 11.7. The van der Waals surface area contributed by atoms with Crippen LogP contribution in [0.2, 0.25) is 0 Å². The molecule has 3 saturated heterocycles. The van der Waals surface area contributed by atoms with Crippen molar-refractivity contribution < 1.29 is 62.8 Å². The molecule has 0 bridgehead atoms. The second kappa shape index (κ2) is 29.2. The third-order valence-electron chi connectivity index (χ3n) is 16.2. The summed E-state index contributed by atoms with van der Waals surface area (Å²) in [5.74, 6) is -8.68. The maximum atomic E-state index is 14.4. The first-order valence-corrected chi connectivity index (χ1v) is 30.7. The van der Waals surface area contributed by atoms with E-state index >= 15 is 0 Å². The number of anilines is 1. The number of H-pyrrole nitrogens is 1. The lowest BCUT2D eigenvalue weighted by Crippen LogP contribution is -2.56. The molecule has 3 aromatic rings. The van der Waals surface area contributed by atoms with Crippen LogP contribution in [0.15, 0.2) is 51.5 Å². The lowest BCUT2D eigenvalue weighted by atomic mass is 9.74. The number of aromatic amines is 1. The van der Waals surface area contributed by atoms with E-state index in [0.717, 1.165) is 5.56 Å². The van der Waals surface area contributed by atoms with Crippen LogP contribution in [0, 0.1) is 29.6 Å². The summed E-state index contributed by atoms with van der Waals surface area (Å²) in [4.78, 5) is 152. The fourth-order valence-corrected chi connectivity index (χ4v) is 13.9. The number of guanidine groups is 1. The number of hydrogen-bond donors (Lipinski definition) is 10. The molecule has 2 amide bonds. The quantitative estimate of drug-likeness (QED) is 0.00753. The number of nitrogens with zero attached hydrogens (tertiary/aromatic N) is 5. The molecule has 11 atom stereocenters. The van der Waals surface area contributed by atoms with Gasteiger partial charge in [-0.1, -0.05) is 52.8 Å². The van der Waals surface area contributed by atoms with Crippen LogP contribution < -0.4 is 44.0 Å². The number of amides is 2. The zero-order valence-corrected chi connectivity index (χ0v) is 49.7. The molecule has 5 heterocycles. The average molecular weight is 1220 g/mol. The van der Waals surface area contributed by atoms with Crippen LogP contribution in [0.25, 0.3) is 11.2 Å². The largest absolute Gasteiger partial charge is 0.481 e. The van der Waals surface area contributed by atoms with Gasteiger partial charge in [-0.3, -0.25) is 62.8 Å². The Morgan fingerprint density at radius 2 is 1.69 bits per heavy atom. The molecule has 7 rings (SSSR count). The molecular formula is C56H75N13O14S2. The number of allylic oxidation sites excluding steroid dienone is 1. The van der Waals surface area contributed by atoms with Crippen molar-refractivity contribution in [2.24, 2.45) is 46.0 Å². The van der Waals surface area contributed by atoms with Crippen LogP contribution in [-0.2, 0) is 60.7 Å². The number of aliphatic carboxylic acids is 2. The molecule has 3 aliphatic heterocycles. The number of aliphatic imine (C=N–C) groups is 1. The van der Waals surface area contributed by atoms with E-state index in [9.17, 15) is 58.2 Å². The lowest BCUT2D eigenvalue weighted by Gasteiger charge is -2.38. The summed E-state index contributed by atoms with van der Waals surface area (Å²) in [6.45, 7) is 7.09. The highest BCUT2D eigenvalue weighted by molar-refractivity contribution is 8.76. The van der Waals surface area contributed by atoms with E-state index in [1.54, 1.807) is 31.2 Å². The smallest absolute Gasteiger partial charge is 0.306 e. The van der Waals surface area contributed by atoms with Gasteiger partial charge in [-0.15, -0.1) is 0 Å². The Morgan fingerprint density at radius 3 is 2.38 bits per heavy atom. The lowest BCUT2D eigenvalue weighted by molar-refractivity contribution is -0.161. The predicted octanol–water partition coefficient (Wildman–Crippen LogP) is 0.827. The molecule has 27 nitrogen and oxygen atoms in total. The predicted molar refractivity (Wildman–Crippen MR) is 314 cm³/mol. The summed E-state index contributed by atoms with van der Waals surface area (Å²) < 4.78 is 11.6. The number of methoxy groups -OCH3 is 1. The number of benzene rings is 1. The maximum absolute atomic E-state index is 14.4. The zero-order chi connectivity index (χ0) is 61.9. The normalized spacial score (nSPS) is 22.2. The summed E-state index contributed by atoms with van der Waals surface area (Å²) in [6.07, 6.45) is 1.88. The van der Waals surface area contributed by atoms with E-state index in [1.807, 2.05) is 11.8 Å². The molecule has 460 valence electrons. The van der Waals surface area contributed by atoms with Crippen molar-refractivity contribution in [2.75, 3.05) is 50.6 Å². The number of esters is 1. The van der Waals surface area contributed by atoms with E-state index in [4.69, 9.17) is 26.7 Å². The number of carboxylic acid groups (broad SMARTS) is 2. The van der Waals surface area contributed by atoms with Crippen molar-refractivity contribution in [3.8, 4) is 0 Å². The van der Waals surface area contributed by atoms with E-state index in [-0.39, 0.29) is 116 Å². The van der Waals surface area contributed by atoms with Crippen molar-refractivity contribution in [1.82, 2.24) is 46.1 Å². The summed E-state index contributed by atoms with van der Waals surface area (Å²) in [6, 6.07) is 4.26. The number of rotatable bonds is 34. The number of carboxylic acids is 2. The highest BCUT2D eigenvalue weighted by Gasteiger charge is 2.76. The molecule has 0 saturated carbocycles. The topological polar surface area (TPSA) is 436 Å². The summed E-state index contributed by atoms with van der Waals surface area (Å²) in [5.41, 5.74) is 17.6. The van der Waals surface area contributed by atoms with E-state index in [1.165, 1.54) is 48.7 Å².